The summed E-state index contributed by atoms with van der Waals surface area (Å²) in [7, 11) is 0. The Kier molecular flexibility index (Phi) is 12.9. The summed E-state index contributed by atoms with van der Waals surface area (Å²) in [4.78, 5) is 18.3. The van der Waals surface area contributed by atoms with E-state index >= 15 is 0 Å². The van der Waals surface area contributed by atoms with Crippen LogP contribution in [0.4, 0.5) is 0 Å². The normalized spacial score (nSPS) is 17.7. The molecule has 1 aromatic heterocycles. The first kappa shape index (κ1) is 38.1. The molecule has 278 valence electrons. The van der Waals surface area contributed by atoms with Crippen LogP contribution in [0.5, 0.6) is 17.2 Å². The number of fused-ring (bicyclic) bond motifs is 1. The van der Waals surface area contributed by atoms with Crippen molar-refractivity contribution >= 4 is 17.6 Å². The van der Waals surface area contributed by atoms with Gasteiger partial charge < -0.3 is 24.4 Å². The summed E-state index contributed by atoms with van der Waals surface area (Å²) in [5, 5.41) is 31.3. The van der Waals surface area contributed by atoms with E-state index in [1.54, 1.807) is 24.4 Å². The molecule has 2 aliphatic rings. The molecule has 0 aliphatic carbocycles. The quantitative estimate of drug-likeness (QED) is 0.115. The van der Waals surface area contributed by atoms with Crippen molar-refractivity contribution in [2.24, 2.45) is 5.92 Å². The molecule has 11 heteroatoms. The second kappa shape index (κ2) is 17.9. The number of hydrogen-bond donors (Lipinski definition) is 3. The van der Waals surface area contributed by atoms with E-state index in [4.69, 9.17) is 25.8 Å². The molecule has 0 radical (unpaired) electrons. The molecule has 53 heavy (non-hydrogen) atoms. The van der Waals surface area contributed by atoms with Crippen LogP contribution >= 0.6 is 11.6 Å². The van der Waals surface area contributed by atoms with E-state index in [2.05, 4.69) is 59.4 Å². The predicted molar refractivity (Wildman–Crippen MR) is 203 cm³/mol. The summed E-state index contributed by atoms with van der Waals surface area (Å²) in [6.07, 6.45) is 9.44. The van der Waals surface area contributed by atoms with E-state index in [-0.39, 0.29) is 19.8 Å². The number of aliphatic hydroxyl groups is 1. The highest BCUT2D eigenvalue weighted by molar-refractivity contribution is 6.32. The molecule has 0 spiro atoms. The number of carboxylic acid groups (broad SMARTS) is 1. The molecule has 6 rings (SSSR count). The topological polar surface area (TPSA) is 137 Å². The van der Waals surface area contributed by atoms with Crippen molar-refractivity contribution in [3.05, 3.63) is 105 Å². The Morgan fingerprint density at radius 2 is 1.72 bits per heavy atom. The first-order chi connectivity index (χ1) is 25.7. The van der Waals surface area contributed by atoms with Gasteiger partial charge in [0.2, 0.25) is 0 Å². The zero-order valence-electron chi connectivity index (χ0n) is 30.3. The van der Waals surface area contributed by atoms with E-state index in [1.165, 1.54) is 51.4 Å². The van der Waals surface area contributed by atoms with Gasteiger partial charge in [0.15, 0.2) is 0 Å². The molecule has 4 aromatic rings. The number of halogens is 1. The number of aliphatic hydroxyl groups excluding tert-OH is 1. The van der Waals surface area contributed by atoms with Gasteiger partial charge in [0.05, 0.1) is 23.8 Å². The van der Waals surface area contributed by atoms with E-state index in [1.807, 2.05) is 12.1 Å². The van der Waals surface area contributed by atoms with Gasteiger partial charge in [-0.15, -0.1) is 0 Å². The maximum absolute atomic E-state index is 11.5. The number of carboxylic acids is 1. The van der Waals surface area contributed by atoms with Crippen LogP contribution in [0.15, 0.2) is 67.0 Å². The maximum atomic E-state index is 11.5. The average Bonchev–Trinajstić information content (AvgIpc) is 3.17. The Labute approximate surface area is 316 Å². The van der Waals surface area contributed by atoms with Gasteiger partial charge in [0, 0.05) is 48.1 Å². The maximum Gasteiger partial charge on any atom is 0.323 e. The molecule has 0 amide bonds. The molecule has 3 N–H and O–H groups in total. The third-order valence-corrected chi connectivity index (χ3v) is 10.8. The van der Waals surface area contributed by atoms with Gasteiger partial charge in [0.1, 0.15) is 42.6 Å². The highest BCUT2D eigenvalue weighted by atomic mass is 35.5. The minimum atomic E-state index is -1.18. The molecule has 2 saturated heterocycles. The summed E-state index contributed by atoms with van der Waals surface area (Å²) in [5.74, 6) is 1.11. The van der Waals surface area contributed by atoms with E-state index in [9.17, 15) is 20.3 Å². The lowest BCUT2D eigenvalue weighted by Crippen LogP contribution is -2.49. The van der Waals surface area contributed by atoms with Crippen molar-refractivity contribution in [3.63, 3.8) is 0 Å². The Balaban J connectivity index is 1.18. The largest absolute Gasteiger partial charge is 0.493 e. The van der Waals surface area contributed by atoms with Crippen molar-refractivity contribution in [2.75, 3.05) is 26.3 Å². The van der Waals surface area contributed by atoms with Gasteiger partial charge in [-0.2, -0.15) is 5.26 Å². The van der Waals surface area contributed by atoms with Crippen LogP contribution < -0.4 is 19.5 Å². The molecular weight excluding hydrogens is 692 g/mol. The zero-order chi connectivity index (χ0) is 37.3. The summed E-state index contributed by atoms with van der Waals surface area (Å²) in [5.41, 5.74) is 7.06. The lowest BCUT2D eigenvalue weighted by atomic mass is 9.84. The fourth-order valence-corrected chi connectivity index (χ4v) is 7.77. The second-order valence-corrected chi connectivity index (χ2v) is 14.4. The van der Waals surface area contributed by atoms with Crippen LogP contribution in [0.2, 0.25) is 5.02 Å². The molecule has 2 fully saturated rings. The fraction of sp³-hybridized carbons (Fsp3) is 0.405. The van der Waals surface area contributed by atoms with Crippen molar-refractivity contribution in [2.45, 2.75) is 77.8 Å². The molecule has 2 aliphatic heterocycles. The highest BCUT2D eigenvalue weighted by Crippen LogP contribution is 2.37. The molecule has 0 saturated carbocycles. The lowest BCUT2D eigenvalue weighted by molar-refractivity contribution is -0.140. The number of nitrogens with one attached hydrogen (secondary N) is 1. The van der Waals surface area contributed by atoms with Gasteiger partial charge in [0.25, 0.3) is 0 Å². The zero-order valence-corrected chi connectivity index (χ0v) is 31.1. The fourth-order valence-electron chi connectivity index (χ4n) is 7.53. The van der Waals surface area contributed by atoms with Crippen LogP contribution in [0.1, 0.15) is 65.5 Å². The number of nitrogens with zero attached hydrogens (tertiary/aromatic N) is 3. The number of pyridine rings is 1. The Hall–Kier alpha value is -4.66. The monoisotopic (exact) mass is 738 g/mol. The van der Waals surface area contributed by atoms with Gasteiger partial charge in [-0.05, 0) is 98.6 Å². The first-order valence-electron chi connectivity index (χ1n) is 18.3. The second-order valence-electron chi connectivity index (χ2n) is 13.9. The number of ether oxygens (including phenoxy) is 3. The number of aromatic nitrogens is 1. The van der Waals surface area contributed by atoms with Gasteiger partial charge in [-0.3, -0.25) is 20.0 Å². The van der Waals surface area contributed by atoms with Crippen LogP contribution in [0.3, 0.4) is 0 Å². The predicted octanol–water partition coefficient (Wildman–Crippen LogP) is 7.23. The molecule has 3 aromatic carbocycles. The summed E-state index contributed by atoms with van der Waals surface area (Å²) in [6.45, 7) is 7.22. The highest BCUT2D eigenvalue weighted by Gasteiger charge is 2.33. The number of benzene rings is 3. The minimum Gasteiger partial charge on any atom is -0.493 e. The summed E-state index contributed by atoms with van der Waals surface area (Å²) >= 11 is 6.73. The molecule has 0 bridgehead atoms. The third-order valence-electron chi connectivity index (χ3n) is 10.5. The first-order valence-corrected chi connectivity index (χ1v) is 18.7. The Bertz CT molecular complexity index is 1950. The lowest BCUT2D eigenvalue weighted by Gasteiger charge is -2.44. The SMILES string of the molecule is Cc1c(COc2cc(OCc3cncc(C#N)c3)c(CN[C@H](CO)C(=O)O)cc2Cl)cccc1-c1cccc(OC[C@@H]2CCCN3CCCC[C@H]23)c1C. The van der Waals surface area contributed by atoms with Gasteiger partial charge in [-0.1, -0.05) is 48.4 Å². The summed E-state index contributed by atoms with van der Waals surface area (Å²) in [6, 6.07) is 19.0. The van der Waals surface area contributed by atoms with Crippen LogP contribution in [0.25, 0.3) is 11.1 Å². The van der Waals surface area contributed by atoms with Crippen molar-refractivity contribution in [3.8, 4) is 34.4 Å². The van der Waals surface area contributed by atoms with Crippen LogP contribution in [-0.2, 0) is 24.6 Å². The third kappa shape index (κ3) is 9.29. The van der Waals surface area contributed by atoms with Crippen LogP contribution in [0, 0.1) is 31.1 Å². The van der Waals surface area contributed by atoms with Crippen molar-refractivity contribution < 1.29 is 29.2 Å². The van der Waals surface area contributed by atoms with Crippen molar-refractivity contribution in [1.82, 2.24) is 15.2 Å². The van der Waals surface area contributed by atoms with Gasteiger partial charge in [-0.25, -0.2) is 0 Å². The molecular formula is C42H47ClN4O6. The van der Waals surface area contributed by atoms with E-state index in [0.717, 1.165) is 40.2 Å². The van der Waals surface area contributed by atoms with E-state index in [0.29, 0.717) is 45.2 Å². The number of nitriles is 1. The molecule has 0 unspecified atom stereocenters. The number of aliphatic carboxylic acids is 1. The Morgan fingerprint density at radius 1 is 0.943 bits per heavy atom. The van der Waals surface area contributed by atoms with E-state index < -0.39 is 18.6 Å². The minimum absolute atomic E-state index is 0.0618. The van der Waals surface area contributed by atoms with Crippen LogP contribution in [-0.4, -0.2) is 64.5 Å². The number of carbonyl (C=O) groups is 1. The number of piperidine rings is 2. The smallest absolute Gasteiger partial charge is 0.323 e. The van der Waals surface area contributed by atoms with Crippen molar-refractivity contribution in [1.29, 1.82) is 5.26 Å². The molecule has 10 nitrogen and oxygen atoms in total. The summed E-state index contributed by atoms with van der Waals surface area (Å²) < 4.78 is 19.0. The Morgan fingerprint density at radius 3 is 2.51 bits per heavy atom. The molecule has 3 heterocycles. The number of rotatable bonds is 15. The average molecular weight is 739 g/mol. The molecule has 3 atom stereocenters. The van der Waals surface area contributed by atoms with Gasteiger partial charge >= 0.3 is 5.97 Å². The standard InChI is InChI=1S/C42H47ClN4O6/c1-27-31(8-5-10-34(27)35-11-6-13-39(28(35)2)52-26-32-9-7-15-47-14-4-3-12-38(32)47)25-53-41-18-40(51-24-30-16-29(19-44)20-45-21-30)33(17-36(41)43)22-46-37(23-48)42(49)50/h5-6,8,10-11,13,16-18,20-21,32,37-38,46,48H,3-4,7,9,12,14-15,22-26H2,1-2H3,(H,49,50)/t32-,37+,38+/m0/s1. The number of hydrogen-bond acceptors (Lipinski definition) is 9.